The molecule has 5 heteroatoms. The molecule has 12 aromatic rings. The van der Waals surface area contributed by atoms with Crippen LogP contribution in [0.15, 0.2) is 218 Å². The summed E-state index contributed by atoms with van der Waals surface area (Å²) in [7, 11) is 0. The summed E-state index contributed by atoms with van der Waals surface area (Å²) >= 11 is 1.85. The van der Waals surface area contributed by atoms with Gasteiger partial charge in [-0.05, 0) is 81.9 Å². The second kappa shape index (κ2) is 14.9. The molecule has 62 heavy (non-hydrogen) atoms. The summed E-state index contributed by atoms with van der Waals surface area (Å²) < 4.78 is 4.89. The Labute approximate surface area is 362 Å². The summed E-state index contributed by atoms with van der Waals surface area (Å²) in [6, 6.07) is 77.4. The van der Waals surface area contributed by atoms with Crippen molar-refractivity contribution in [3.63, 3.8) is 0 Å². The van der Waals surface area contributed by atoms with E-state index < -0.39 is 0 Å². The van der Waals surface area contributed by atoms with Gasteiger partial charge in [0.15, 0.2) is 17.5 Å². The lowest BCUT2D eigenvalue weighted by molar-refractivity contribution is 1.07. The molecule has 9 aromatic carbocycles. The maximum atomic E-state index is 5.32. The Morgan fingerprint density at radius 2 is 0.855 bits per heavy atom. The quantitative estimate of drug-likeness (QED) is 0.161. The molecule has 290 valence electrons. The molecule has 0 saturated carbocycles. The zero-order valence-corrected chi connectivity index (χ0v) is 34.3. The Morgan fingerprint density at radius 1 is 0.306 bits per heavy atom. The molecule has 0 aliphatic heterocycles. The van der Waals surface area contributed by atoms with Gasteiger partial charge in [0.05, 0.1) is 11.0 Å². The van der Waals surface area contributed by atoms with E-state index in [9.17, 15) is 0 Å². The fourth-order valence-corrected chi connectivity index (χ4v) is 10.2. The number of fused-ring (bicyclic) bond motifs is 7. The number of hydrogen-bond donors (Lipinski definition) is 0. The van der Waals surface area contributed by atoms with E-state index in [1.807, 2.05) is 47.7 Å². The lowest BCUT2D eigenvalue weighted by atomic mass is 9.90. The van der Waals surface area contributed by atoms with E-state index in [0.717, 1.165) is 44.6 Å². The standard InChI is InChI=1S/C57H36N4S/c1-5-17-37(18-6-1)40-23-15-24-41(35-40)42-31-32-44(47(36-42)57-59-55(38-19-7-2-8-20-38)58-56(60-57)39-21-9-3-10-22-39)45-28-16-30-50-53(45)54-51(62-50)34-33-49-52(54)46-27-13-14-29-48(46)61(49)43-25-11-4-12-26-43/h1-36H. The van der Waals surface area contributed by atoms with E-state index >= 15 is 0 Å². The van der Waals surface area contributed by atoms with Crippen LogP contribution in [0.3, 0.4) is 0 Å². The molecule has 0 saturated heterocycles. The molecule has 3 heterocycles. The molecular formula is C57H36N4S. The largest absolute Gasteiger partial charge is 0.309 e. The molecule has 0 spiro atoms. The molecule has 0 unspecified atom stereocenters. The molecule has 0 aliphatic rings. The first kappa shape index (κ1) is 35.9. The topological polar surface area (TPSA) is 43.6 Å². The number of hydrogen-bond acceptors (Lipinski definition) is 4. The fourth-order valence-electron chi connectivity index (χ4n) is 9.03. The van der Waals surface area contributed by atoms with Crippen molar-refractivity contribution >= 4 is 53.3 Å². The minimum atomic E-state index is 0.621. The lowest BCUT2D eigenvalue weighted by Crippen LogP contribution is -2.01. The normalized spacial score (nSPS) is 11.5. The van der Waals surface area contributed by atoms with Gasteiger partial charge in [-0.25, -0.2) is 15.0 Å². The van der Waals surface area contributed by atoms with Gasteiger partial charge in [0.1, 0.15) is 0 Å². The Hall–Kier alpha value is -7.99. The Morgan fingerprint density at radius 3 is 1.56 bits per heavy atom. The van der Waals surface area contributed by atoms with E-state index in [1.54, 1.807) is 0 Å². The van der Waals surface area contributed by atoms with Crippen molar-refractivity contribution in [2.75, 3.05) is 0 Å². The van der Waals surface area contributed by atoms with Gasteiger partial charge in [0.2, 0.25) is 0 Å². The summed E-state index contributed by atoms with van der Waals surface area (Å²) in [5, 5.41) is 4.99. The Kier molecular flexibility index (Phi) is 8.65. The third-order valence-corrected chi connectivity index (χ3v) is 13.0. The maximum Gasteiger partial charge on any atom is 0.164 e. The summed E-state index contributed by atoms with van der Waals surface area (Å²) in [6.07, 6.45) is 0. The van der Waals surface area contributed by atoms with Crippen LogP contribution in [0.4, 0.5) is 0 Å². The highest BCUT2D eigenvalue weighted by Gasteiger charge is 2.23. The van der Waals surface area contributed by atoms with Gasteiger partial charge in [-0.3, -0.25) is 0 Å². The molecule has 0 atom stereocenters. The predicted octanol–water partition coefficient (Wildman–Crippen LogP) is 15.3. The van der Waals surface area contributed by atoms with Crippen LogP contribution in [0, 0.1) is 0 Å². The van der Waals surface area contributed by atoms with Crippen LogP contribution in [0.5, 0.6) is 0 Å². The van der Waals surface area contributed by atoms with Gasteiger partial charge >= 0.3 is 0 Å². The first-order valence-electron chi connectivity index (χ1n) is 20.9. The van der Waals surface area contributed by atoms with E-state index in [1.165, 1.54) is 53.1 Å². The molecule has 0 fully saturated rings. The van der Waals surface area contributed by atoms with E-state index in [4.69, 9.17) is 15.0 Å². The highest BCUT2D eigenvalue weighted by molar-refractivity contribution is 7.26. The van der Waals surface area contributed by atoms with Gasteiger partial charge in [0, 0.05) is 53.3 Å². The van der Waals surface area contributed by atoms with Crippen molar-refractivity contribution in [3.05, 3.63) is 218 Å². The minimum Gasteiger partial charge on any atom is -0.309 e. The zero-order valence-electron chi connectivity index (χ0n) is 33.5. The van der Waals surface area contributed by atoms with Crippen LogP contribution < -0.4 is 0 Å². The average Bonchev–Trinajstić information content (AvgIpc) is 3.91. The van der Waals surface area contributed by atoms with Crippen LogP contribution >= 0.6 is 11.3 Å². The smallest absolute Gasteiger partial charge is 0.164 e. The van der Waals surface area contributed by atoms with E-state index in [2.05, 4.69) is 187 Å². The second-order valence-corrected chi connectivity index (χ2v) is 16.6. The molecule has 0 radical (unpaired) electrons. The van der Waals surface area contributed by atoms with Crippen LogP contribution in [-0.4, -0.2) is 19.5 Å². The van der Waals surface area contributed by atoms with Crippen LogP contribution in [-0.2, 0) is 0 Å². The van der Waals surface area contributed by atoms with Crippen molar-refractivity contribution < 1.29 is 0 Å². The van der Waals surface area contributed by atoms with Gasteiger partial charge < -0.3 is 4.57 Å². The third kappa shape index (κ3) is 6.09. The minimum absolute atomic E-state index is 0.621. The van der Waals surface area contributed by atoms with Crippen molar-refractivity contribution in [2.24, 2.45) is 0 Å². The maximum absolute atomic E-state index is 5.32. The third-order valence-electron chi connectivity index (χ3n) is 11.9. The van der Waals surface area contributed by atoms with Crippen molar-refractivity contribution in [1.29, 1.82) is 0 Å². The van der Waals surface area contributed by atoms with Crippen molar-refractivity contribution in [1.82, 2.24) is 19.5 Å². The zero-order chi connectivity index (χ0) is 41.0. The molecule has 12 rings (SSSR count). The summed E-state index contributed by atoms with van der Waals surface area (Å²) in [5.41, 5.74) is 13.1. The number of benzene rings is 9. The van der Waals surface area contributed by atoms with Crippen LogP contribution in [0.1, 0.15) is 0 Å². The first-order valence-corrected chi connectivity index (χ1v) is 21.7. The number of para-hydroxylation sites is 2. The molecule has 4 nitrogen and oxygen atoms in total. The summed E-state index contributed by atoms with van der Waals surface area (Å²) in [4.78, 5) is 15.7. The molecular weight excluding hydrogens is 773 g/mol. The first-order chi connectivity index (χ1) is 30.7. The van der Waals surface area contributed by atoms with Gasteiger partial charge in [-0.15, -0.1) is 11.3 Å². The highest BCUT2D eigenvalue weighted by atomic mass is 32.1. The van der Waals surface area contributed by atoms with Crippen LogP contribution in [0.25, 0.3) is 115 Å². The number of rotatable bonds is 7. The van der Waals surface area contributed by atoms with Gasteiger partial charge in [-0.2, -0.15) is 0 Å². The predicted molar refractivity (Wildman–Crippen MR) is 260 cm³/mol. The Balaban J connectivity index is 1.16. The van der Waals surface area contributed by atoms with Crippen molar-refractivity contribution in [2.45, 2.75) is 0 Å². The summed E-state index contributed by atoms with van der Waals surface area (Å²) in [6.45, 7) is 0. The van der Waals surface area contributed by atoms with Gasteiger partial charge in [-0.1, -0.05) is 170 Å². The molecule has 0 bridgehead atoms. The molecule has 0 aliphatic carbocycles. The molecule has 3 aromatic heterocycles. The summed E-state index contributed by atoms with van der Waals surface area (Å²) in [5.74, 6) is 1.88. The molecule has 0 N–H and O–H groups in total. The number of thiophene rings is 1. The van der Waals surface area contributed by atoms with Crippen molar-refractivity contribution in [3.8, 4) is 73.2 Å². The highest BCUT2D eigenvalue weighted by Crippen LogP contribution is 2.48. The van der Waals surface area contributed by atoms with E-state index in [0.29, 0.717) is 17.5 Å². The average molecular weight is 809 g/mol. The molecule has 0 amide bonds. The second-order valence-electron chi connectivity index (χ2n) is 15.5. The fraction of sp³-hybridized carbons (Fsp3) is 0. The van der Waals surface area contributed by atoms with Gasteiger partial charge in [0.25, 0.3) is 0 Å². The SMILES string of the molecule is c1ccc(-c2cccc(-c3ccc(-c4cccc5sc6ccc7c(c8ccccc8n7-c7ccccc7)c6c45)c(-c4nc(-c5ccccc5)nc(-c5ccccc5)n4)c3)c2)cc1. The lowest BCUT2D eigenvalue weighted by Gasteiger charge is -2.15. The number of nitrogens with zero attached hydrogens (tertiary/aromatic N) is 4. The Bertz CT molecular complexity index is 3560. The van der Waals surface area contributed by atoms with Crippen LogP contribution in [0.2, 0.25) is 0 Å². The monoisotopic (exact) mass is 808 g/mol. The number of aromatic nitrogens is 4. The van der Waals surface area contributed by atoms with E-state index in [-0.39, 0.29) is 0 Å².